The maximum absolute atomic E-state index is 12.6. The number of unbranched alkanes of at least 4 members (excludes halogenated alkanes) is 2. The van der Waals surface area contributed by atoms with Gasteiger partial charge in [-0.15, -0.1) is 0 Å². The monoisotopic (exact) mass is 714 g/mol. The first kappa shape index (κ1) is 42.4. The maximum Gasteiger partial charge on any atom is 0.411 e. The second-order valence-electron chi connectivity index (χ2n) is 13.0. The molecule has 282 valence electrons. The van der Waals surface area contributed by atoms with Crippen molar-refractivity contribution in [2.45, 2.75) is 110 Å². The van der Waals surface area contributed by atoms with Gasteiger partial charge in [0.1, 0.15) is 29.2 Å². The van der Waals surface area contributed by atoms with Gasteiger partial charge in [-0.2, -0.15) is 0 Å². The SMILES string of the molecule is CCCCOC(=O)N[C@@H](CCC(=O)c1ccc(OCCCC)cc1)C(=O)OC.COC(=O)[C@@H]1CC[C@H](c2ccc(O)cc2)N1C(=O)OC(C)(C)C. The van der Waals surface area contributed by atoms with E-state index in [0.717, 1.165) is 31.2 Å². The van der Waals surface area contributed by atoms with E-state index in [9.17, 15) is 29.1 Å². The molecule has 0 bridgehead atoms. The lowest BCUT2D eigenvalue weighted by atomic mass is 10.0. The Bertz CT molecular complexity index is 1400. The van der Waals surface area contributed by atoms with Gasteiger partial charge in [0.05, 0.1) is 33.5 Å². The molecule has 51 heavy (non-hydrogen) atoms. The summed E-state index contributed by atoms with van der Waals surface area (Å²) in [4.78, 5) is 62.1. The average molecular weight is 715 g/mol. The van der Waals surface area contributed by atoms with Crippen LogP contribution >= 0.6 is 0 Å². The third-order valence-corrected chi connectivity index (χ3v) is 7.85. The van der Waals surface area contributed by atoms with Gasteiger partial charge in [-0.05, 0) is 94.8 Å². The Labute approximate surface area is 300 Å². The van der Waals surface area contributed by atoms with Gasteiger partial charge in [0, 0.05) is 12.0 Å². The highest BCUT2D eigenvalue weighted by Crippen LogP contribution is 2.38. The molecule has 13 heteroatoms. The summed E-state index contributed by atoms with van der Waals surface area (Å²) in [6.07, 6.45) is 3.79. The number of benzene rings is 2. The lowest BCUT2D eigenvalue weighted by Crippen LogP contribution is -2.44. The second-order valence-corrected chi connectivity index (χ2v) is 13.0. The predicted molar refractivity (Wildman–Crippen MR) is 190 cm³/mol. The number of hydrogen-bond acceptors (Lipinski definition) is 11. The Kier molecular flexibility index (Phi) is 17.8. The van der Waals surface area contributed by atoms with E-state index >= 15 is 0 Å². The van der Waals surface area contributed by atoms with E-state index in [1.165, 1.54) is 19.1 Å². The fraction of sp³-hybridized carbons (Fsp3) is 0.553. The molecular weight excluding hydrogens is 660 g/mol. The smallest absolute Gasteiger partial charge is 0.411 e. The normalized spacial score (nSPS) is 15.8. The summed E-state index contributed by atoms with van der Waals surface area (Å²) in [5.74, 6) is -0.318. The molecule has 2 N–H and O–H groups in total. The van der Waals surface area contributed by atoms with Gasteiger partial charge in [-0.1, -0.05) is 38.8 Å². The molecule has 1 saturated heterocycles. The van der Waals surface area contributed by atoms with Crippen LogP contribution in [-0.2, 0) is 28.5 Å². The number of Topliss-reactive ketones (excluding diaryl/α,β-unsaturated/α-hetero) is 1. The Morgan fingerprint density at radius 1 is 0.882 bits per heavy atom. The van der Waals surface area contributed by atoms with Crippen LogP contribution in [0.15, 0.2) is 48.5 Å². The van der Waals surface area contributed by atoms with Crippen LogP contribution in [0.25, 0.3) is 0 Å². The number of alkyl carbamates (subject to hydrolysis) is 1. The Morgan fingerprint density at radius 3 is 2.08 bits per heavy atom. The number of ether oxygens (including phenoxy) is 5. The highest BCUT2D eigenvalue weighted by molar-refractivity contribution is 5.96. The van der Waals surface area contributed by atoms with Crippen molar-refractivity contribution >= 4 is 29.9 Å². The zero-order chi connectivity index (χ0) is 38.0. The van der Waals surface area contributed by atoms with E-state index in [2.05, 4.69) is 12.2 Å². The Balaban J connectivity index is 0.000000360. The number of methoxy groups -OCH3 is 2. The maximum atomic E-state index is 12.6. The van der Waals surface area contributed by atoms with Crippen LogP contribution in [0.5, 0.6) is 11.5 Å². The third-order valence-electron chi connectivity index (χ3n) is 7.85. The van der Waals surface area contributed by atoms with Crippen molar-refractivity contribution in [3.63, 3.8) is 0 Å². The van der Waals surface area contributed by atoms with Crippen molar-refractivity contribution in [3.05, 3.63) is 59.7 Å². The van der Waals surface area contributed by atoms with Crippen LogP contribution in [0, 0.1) is 0 Å². The van der Waals surface area contributed by atoms with Gasteiger partial charge >= 0.3 is 24.1 Å². The first-order chi connectivity index (χ1) is 24.2. The molecule has 1 aliphatic rings. The highest BCUT2D eigenvalue weighted by atomic mass is 16.6. The number of amides is 2. The molecule has 13 nitrogen and oxygen atoms in total. The van der Waals surface area contributed by atoms with Crippen LogP contribution in [0.4, 0.5) is 9.59 Å². The molecule has 1 aliphatic heterocycles. The number of aromatic hydroxyl groups is 1. The minimum absolute atomic E-state index is 0.0883. The number of nitrogens with one attached hydrogen (secondary N) is 1. The summed E-state index contributed by atoms with van der Waals surface area (Å²) in [7, 11) is 2.54. The molecule has 2 amide bonds. The van der Waals surface area contributed by atoms with E-state index in [1.807, 2.05) is 6.92 Å². The summed E-state index contributed by atoms with van der Waals surface area (Å²) in [6.45, 7) is 10.3. The van der Waals surface area contributed by atoms with Gasteiger partial charge < -0.3 is 34.1 Å². The summed E-state index contributed by atoms with van der Waals surface area (Å²) in [5, 5.41) is 11.9. The van der Waals surface area contributed by atoms with Crippen molar-refractivity contribution in [1.29, 1.82) is 0 Å². The molecule has 0 aromatic heterocycles. The molecule has 0 saturated carbocycles. The number of esters is 2. The van der Waals surface area contributed by atoms with Gasteiger partial charge in [0.15, 0.2) is 5.78 Å². The third kappa shape index (κ3) is 14.5. The largest absolute Gasteiger partial charge is 0.508 e. The van der Waals surface area contributed by atoms with Gasteiger partial charge in [0.25, 0.3) is 0 Å². The van der Waals surface area contributed by atoms with Crippen molar-refractivity contribution in [2.75, 3.05) is 27.4 Å². The number of hydrogen-bond donors (Lipinski definition) is 2. The molecule has 1 heterocycles. The molecule has 2 aromatic carbocycles. The van der Waals surface area contributed by atoms with E-state index in [4.69, 9.17) is 23.7 Å². The molecule has 1 fully saturated rings. The standard InChI is InChI=1S/C21H31NO6.C17H23NO5/c1-4-6-14-27-17-10-8-16(9-11-17)19(23)13-12-18(20(24)26-3)22-21(25)28-15-7-5-2;1-17(2,3)23-16(21)18-13(9-10-14(18)15(20)22-4)11-5-7-12(19)8-6-11/h8-11,18H,4-7,12-15H2,1-3H3,(H,22,25);5-8,13-14,19H,9-10H2,1-4H3/t18-;13-,14+/m01/s1. The van der Waals surface area contributed by atoms with Crippen molar-refractivity contribution in [1.82, 2.24) is 10.2 Å². The van der Waals surface area contributed by atoms with Crippen LogP contribution < -0.4 is 10.1 Å². The van der Waals surface area contributed by atoms with Crippen molar-refractivity contribution in [2.24, 2.45) is 0 Å². The van der Waals surface area contributed by atoms with Crippen molar-refractivity contribution < 1.29 is 52.8 Å². The molecule has 2 aromatic rings. The number of carbonyl (C=O) groups excluding carboxylic acids is 5. The summed E-state index contributed by atoms with van der Waals surface area (Å²) in [6, 6.07) is 11.7. The van der Waals surface area contributed by atoms with E-state index in [-0.39, 0.29) is 37.0 Å². The molecular formula is C38H54N2O11. The van der Waals surface area contributed by atoms with Crippen LogP contribution in [0.2, 0.25) is 0 Å². The molecule has 0 aliphatic carbocycles. The summed E-state index contributed by atoms with van der Waals surface area (Å²) < 4.78 is 25.5. The molecule has 3 rings (SSSR count). The van der Waals surface area contributed by atoms with Gasteiger partial charge in [-0.25, -0.2) is 19.2 Å². The predicted octanol–water partition coefficient (Wildman–Crippen LogP) is 6.90. The zero-order valence-electron chi connectivity index (χ0n) is 30.9. The fourth-order valence-corrected chi connectivity index (χ4v) is 5.15. The first-order valence-corrected chi connectivity index (χ1v) is 17.4. The lowest BCUT2D eigenvalue weighted by molar-refractivity contribution is -0.146. The number of carbonyl (C=O) groups is 5. The average Bonchev–Trinajstić information content (AvgIpc) is 3.55. The number of likely N-dealkylation sites (tertiary alicyclic amines) is 1. The van der Waals surface area contributed by atoms with E-state index in [0.29, 0.717) is 30.8 Å². The van der Waals surface area contributed by atoms with Gasteiger partial charge in [0.2, 0.25) is 0 Å². The molecule has 0 radical (unpaired) electrons. The fourth-order valence-electron chi connectivity index (χ4n) is 5.15. The summed E-state index contributed by atoms with van der Waals surface area (Å²) in [5.41, 5.74) is 0.719. The molecule has 0 unspecified atom stereocenters. The minimum Gasteiger partial charge on any atom is -0.508 e. The van der Waals surface area contributed by atoms with Gasteiger partial charge in [-0.3, -0.25) is 9.69 Å². The number of ketones is 1. The molecule has 0 spiro atoms. The molecule has 3 atom stereocenters. The van der Waals surface area contributed by atoms with Crippen LogP contribution in [0.1, 0.15) is 108 Å². The topological polar surface area (TPSA) is 167 Å². The highest BCUT2D eigenvalue weighted by Gasteiger charge is 2.44. The van der Waals surface area contributed by atoms with Crippen LogP contribution in [0.3, 0.4) is 0 Å². The Morgan fingerprint density at radius 2 is 1.51 bits per heavy atom. The van der Waals surface area contributed by atoms with E-state index < -0.39 is 41.8 Å². The van der Waals surface area contributed by atoms with Crippen LogP contribution in [-0.4, -0.2) is 85.0 Å². The first-order valence-electron chi connectivity index (χ1n) is 17.4. The summed E-state index contributed by atoms with van der Waals surface area (Å²) >= 11 is 0. The quantitative estimate of drug-likeness (QED) is 0.0852. The Hall–Kier alpha value is -4.81. The minimum atomic E-state index is -0.931. The number of nitrogens with zero attached hydrogens (tertiary/aromatic N) is 1. The zero-order valence-corrected chi connectivity index (χ0v) is 30.9. The number of phenols is 1. The van der Waals surface area contributed by atoms with E-state index in [1.54, 1.807) is 69.3 Å². The lowest BCUT2D eigenvalue weighted by Gasteiger charge is -2.31. The second kappa shape index (κ2) is 21.4. The van der Waals surface area contributed by atoms with Crippen molar-refractivity contribution in [3.8, 4) is 11.5 Å². The number of phenolic OH excluding ortho intramolecular Hbond substituents is 1. The number of rotatable bonds is 15.